The summed E-state index contributed by atoms with van der Waals surface area (Å²) < 4.78 is 10.2. The van der Waals surface area contributed by atoms with Crippen LogP contribution in [-0.2, 0) is 14.3 Å². The van der Waals surface area contributed by atoms with E-state index >= 15 is 0 Å². The Labute approximate surface area is 164 Å². The van der Waals surface area contributed by atoms with E-state index in [1.165, 1.54) is 14.0 Å². The fourth-order valence-electron chi connectivity index (χ4n) is 2.49. The normalized spacial score (nSPS) is 11.3. The fraction of sp³-hybridized carbons (Fsp3) is 0.286. The molecule has 0 aliphatic rings. The lowest BCUT2D eigenvalue weighted by molar-refractivity contribution is -0.148. The Balaban J connectivity index is 1.86. The molecule has 7 nitrogen and oxygen atoms in total. The molecule has 1 atom stereocenters. The van der Waals surface area contributed by atoms with E-state index in [9.17, 15) is 14.4 Å². The topological polar surface area (TPSA) is 93.7 Å². The highest BCUT2D eigenvalue weighted by molar-refractivity contribution is 5.97. The van der Waals surface area contributed by atoms with Gasteiger partial charge in [-0.1, -0.05) is 23.8 Å². The number of methoxy groups -OCH3 is 1. The van der Waals surface area contributed by atoms with Crippen molar-refractivity contribution >= 4 is 23.5 Å². The molecule has 0 aliphatic carbocycles. The van der Waals surface area contributed by atoms with Crippen LogP contribution in [0.3, 0.4) is 0 Å². The summed E-state index contributed by atoms with van der Waals surface area (Å²) in [5.74, 6) is -1.09. The molecule has 0 heterocycles. The second-order valence-corrected chi connectivity index (χ2v) is 6.42. The highest BCUT2D eigenvalue weighted by Crippen LogP contribution is 2.25. The third kappa shape index (κ3) is 5.84. The SMILES string of the molecule is COc1ccc(C)cc1NC(=O)COC(=O)[C@H](C)NC(=O)c1cccc(C)c1. The predicted octanol–water partition coefficient (Wildman–Crippen LogP) is 2.61. The van der Waals surface area contributed by atoms with Gasteiger partial charge in [0.25, 0.3) is 11.8 Å². The number of hydrogen-bond acceptors (Lipinski definition) is 5. The highest BCUT2D eigenvalue weighted by atomic mass is 16.5. The van der Waals surface area contributed by atoms with Gasteiger partial charge in [-0.15, -0.1) is 0 Å². The first-order chi connectivity index (χ1) is 13.3. The maximum atomic E-state index is 12.2. The summed E-state index contributed by atoms with van der Waals surface area (Å²) in [5, 5.41) is 5.20. The summed E-state index contributed by atoms with van der Waals surface area (Å²) in [7, 11) is 1.50. The minimum atomic E-state index is -0.894. The number of benzene rings is 2. The van der Waals surface area contributed by atoms with Crippen LogP contribution in [0.25, 0.3) is 0 Å². The van der Waals surface area contributed by atoms with Gasteiger partial charge in [0.05, 0.1) is 12.8 Å². The number of nitrogens with one attached hydrogen (secondary N) is 2. The van der Waals surface area contributed by atoms with Crippen molar-refractivity contribution in [2.45, 2.75) is 26.8 Å². The van der Waals surface area contributed by atoms with Crippen molar-refractivity contribution in [1.29, 1.82) is 0 Å². The molecule has 0 aliphatic heterocycles. The van der Waals surface area contributed by atoms with Crippen LogP contribution in [0.5, 0.6) is 5.75 Å². The Morgan fingerprint density at radius 1 is 1.04 bits per heavy atom. The number of anilines is 1. The molecule has 0 radical (unpaired) electrons. The minimum Gasteiger partial charge on any atom is -0.495 e. The van der Waals surface area contributed by atoms with E-state index in [1.54, 1.807) is 30.3 Å². The lowest BCUT2D eigenvalue weighted by Gasteiger charge is -2.14. The predicted molar refractivity (Wildman–Crippen MR) is 105 cm³/mol. The molecule has 0 unspecified atom stereocenters. The van der Waals surface area contributed by atoms with Crippen molar-refractivity contribution in [3.05, 3.63) is 59.2 Å². The summed E-state index contributed by atoms with van der Waals surface area (Å²) in [6.07, 6.45) is 0. The van der Waals surface area contributed by atoms with Crippen LogP contribution in [0.2, 0.25) is 0 Å². The summed E-state index contributed by atoms with van der Waals surface area (Å²) in [6, 6.07) is 11.5. The largest absolute Gasteiger partial charge is 0.495 e. The van der Waals surface area contributed by atoms with Gasteiger partial charge in [0.15, 0.2) is 6.61 Å². The standard InChI is InChI=1S/C21H24N2O5/c1-13-6-5-7-16(10-13)20(25)22-15(3)21(26)28-12-19(24)23-17-11-14(2)8-9-18(17)27-4/h5-11,15H,12H2,1-4H3,(H,22,25)(H,23,24)/t15-/m0/s1. The van der Waals surface area contributed by atoms with Gasteiger partial charge in [0.2, 0.25) is 0 Å². The van der Waals surface area contributed by atoms with Gasteiger partial charge in [-0.05, 0) is 50.6 Å². The Morgan fingerprint density at radius 2 is 1.75 bits per heavy atom. The van der Waals surface area contributed by atoms with E-state index in [1.807, 2.05) is 26.0 Å². The quantitative estimate of drug-likeness (QED) is 0.716. The van der Waals surface area contributed by atoms with Gasteiger partial charge >= 0.3 is 5.97 Å². The van der Waals surface area contributed by atoms with Crippen LogP contribution in [0.4, 0.5) is 5.69 Å². The molecule has 2 N–H and O–H groups in total. The number of aryl methyl sites for hydroxylation is 2. The van der Waals surface area contributed by atoms with E-state index in [0.717, 1.165) is 11.1 Å². The molecule has 0 saturated carbocycles. The molecule has 0 spiro atoms. The second-order valence-electron chi connectivity index (χ2n) is 6.42. The van der Waals surface area contributed by atoms with Crippen LogP contribution < -0.4 is 15.4 Å². The van der Waals surface area contributed by atoms with Gasteiger partial charge in [-0.3, -0.25) is 9.59 Å². The third-order valence-electron chi connectivity index (χ3n) is 3.96. The molecule has 0 aromatic heterocycles. The molecular formula is C21H24N2O5. The molecule has 148 valence electrons. The first kappa shape index (κ1) is 21.0. The molecular weight excluding hydrogens is 360 g/mol. The van der Waals surface area contributed by atoms with Crippen molar-refractivity contribution < 1.29 is 23.9 Å². The number of hydrogen-bond donors (Lipinski definition) is 2. The first-order valence-corrected chi connectivity index (χ1v) is 8.79. The molecule has 0 fully saturated rings. The molecule has 2 aromatic rings. The van der Waals surface area contributed by atoms with E-state index in [0.29, 0.717) is 17.0 Å². The monoisotopic (exact) mass is 384 g/mol. The number of esters is 1. The maximum absolute atomic E-state index is 12.2. The molecule has 2 amide bonds. The lowest BCUT2D eigenvalue weighted by atomic mass is 10.1. The number of amides is 2. The van der Waals surface area contributed by atoms with Crippen molar-refractivity contribution in [2.24, 2.45) is 0 Å². The maximum Gasteiger partial charge on any atom is 0.328 e. The number of ether oxygens (including phenoxy) is 2. The van der Waals surface area contributed by atoms with Crippen LogP contribution >= 0.6 is 0 Å². The zero-order chi connectivity index (χ0) is 20.7. The van der Waals surface area contributed by atoms with Gasteiger partial charge in [0.1, 0.15) is 11.8 Å². The minimum absolute atomic E-state index is 0.387. The van der Waals surface area contributed by atoms with Crippen molar-refractivity contribution in [2.75, 3.05) is 19.0 Å². The van der Waals surface area contributed by atoms with E-state index in [2.05, 4.69) is 10.6 Å². The summed E-state index contributed by atoms with van der Waals surface area (Å²) >= 11 is 0. The lowest BCUT2D eigenvalue weighted by Crippen LogP contribution is -2.40. The average Bonchev–Trinajstić information content (AvgIpc) is 2.66. The van der Waals surface area contributed by atoms with Gasteiger partial charge in [-0.25, -0.2) is 4.79 Å². The molecule has 7 heteroatoms. The first-order valence-electron chi connectivity index (χ1n) is 8.79. The molecule has 2 rings (SSSR count). The fourth-order valence-corrected chi connectivity index (χ4v) is 2.49. The zero-order valence-corrected chi connectivity index (χ0v) is 16.4. The number of carbonyl (C=O) groups is 3. The molecule has 2 aromatic carbocycles. The highest BCUT2D eigenvalue weighted by Gasteiger charge is 2.19. The average molecular weight is 384 g/mol. The summed E-state index contributed by atoms with van der Waals surface area (Å²) in [4.78, 5) is 36.3. The van der Waals surface area contributed by atoms with Crippen LogP contribution in [-0.4, -0.2) is 37.5 Å². The zero-order valence-electron chi connectivity index (χ0n) is 16.4. The Kier molecular flexibility index (Phi) is 7.14. The Hall–Kier alpha value is -3.35. The van der Waals surface area contributed by atoms with E-state index < -0.39 is 24.5 Å². The molecule has 0 saturated heterocycles. The summed E-state index contributed by atoms with van der Waals surface area (Å²) in [5.41, 5.74) is 2.82. The third-order valence-corrected chi connectivity index (χ3v) is 3.96. The van der Waals surface area contributed by atoms with E-state index in [-0.39, 0.29) is 5.91 Å². The van der Waals surface area contributed by atoms with Crippen LogP contribution in [0.15, 0.2) is 42.5 Å². The van der Waals surface area contributed by atoms with Crippen molar-refractivity contribution in [3.8, 4) is 5.75 Å². The van der Waals surface area contributed by atoms with Crippen molar-refractivity contribution in [3.63, 3.8) is 0 Å². The van der Waals surface area contributed by atoms with Crippen LogP contribution in [0.1, 0.15) is 28.4 Å². The molecule has 28 heavy (non-hydrogen) atoms. The van der Waals surface area contributed by atoms with Crippen LogP contribution in [0, 0.1) is 13.8 Å². The molecule has 0 bridgehead atoms. The van der Waals surface area contributed by atoms with Gasteiger partial charge in [-0.2, -0.15) is 0 Å². The van der Waals surface area contributed by atoms with Gasteiger partial charge in [0, 0.05) is 5.56 Å². The number of rotatable bonds is 7. The summed E-state index contributed by atoms with van der Waals surface area (Å²) in [6.45, 7) is 4.78. The van der Waals surface area contributed by atoms with Crippen molar-refractivity contribution in [1.82, 2.24) is 5.32 Å². The van der Waals surface area contributed by atoms with E-state index in [4.69, 9.17) is 9.47 Å². The number of carbonyl (C=O) groups excluding carboxylic acids is 3. The smallest absolute Gasteiger partial charge is 0.328 e. The Bertz CT molecular complexity index is 879. The van der Waals surface area contributed by atoms with Gasteiger partial charge < -0.3 is 20.1 Å². The second kappa shape index (κ2) is 9.55. The Morgan fingerprint density at radius 3 is 2.43 bits per heavy atom.